The molecular weight excluding hydrogens is 544 g/mol. The van der Waals surface area contributed by atoms with Crippen LogP contribution in [0.5, 0.6) is 11.5 Å². The lowest BCUT2D eigenvalue weighted by Crippen LogP contribution is -2.32. The lowest BCUT2D eigenvalue weighted by Gasteiger charge is -2.25. The Bertz CT molecular complexity index is 1530. The third-order valence-corrected chi connectivity index (χ3v) is 6.40. The van der Waals surface area contributed by atoms with Crippen LogP contribution in [0.25, 0.3) is 11.1 Å². The second-order valence-corrected chi connectivity index (χ2v) is 11.0. The monoisotopic (exact) mass is 580 g/mol. The highest BCUT2D eigenvalue weighted by Gasteiger charge is 2.21. The highest BCUT2D eigenvalue weighted by Crippen LogP contribution is 2.34. The number of para-hydroxylation sites is 2. The summed E-state index contributed by atoms with van der Waals surface area (Å²) in [6.45, 7) is 5.95. The van der Waals surface area contributed by atoms with Crippen LogP contribution in [0.4, 0.5) is 10.5 Å². The predicted octanol–water partition coefficient (Wildman–Crippen LogP) is 7.57. The number of nitrogens with zero attached hydrogens (tertiary/aromatic N) is 1. The fourth-order valence-corrected chi connectivity index (χ4v) is 4.33. The highest BCUT2D eigenvalue weighted by atomic mass is 16.6. The zero-order chi connectivity index (χ0) is 30.8. The molecule has 0 radical (unpaired) electrons. The fraction of sp³-hybridized carbons (Fsp3) is 0.229. The molecule has 0 aliphatic carbocycles. The Morgan fingerprint density at radius 3 is 2.00 bits per heavy atom. The quantitative estimate of drug-likeness (QED) is 0.190. The summed E-state index contributed by atoms with van der Waals surface area (Å²) in [6.07, 6.45) is -0.918. The number of nitrogens with one attached hydrogen (secondary N) is 1. The van der Waals surface area contributed by atoms with Gasteiger partial charge in [0.05, 0.1) is 18.7 Å². The Morgan fingerprint density at radius 2 is 1.35 bits per heavy atom. The number of hydrogen-bond acceptors (Lipinski definition) is 5. The van der Waals surface area contributed by atoms with Gasteiger partial charge in [0.25, 0.3) is 0 Å². The second-order valence-electron chi connectivity index (χ2n) is 11.0. The summed E-state index contributed by atoms with van der Waals surface area (Å²) in [7, 11) is 0. The number of rotatable bonds is 11. The van der Waals surface area contributed by atoms with Crippen molar-refractivity contribution in [3.63, 3.8) is 0 Å². The van der Waals surface area contributed by atoms with Crippen molar-refractivity contribution in [2.45, 2.75) is 52.3 Å². The largest absolute Gasteiger partial charge is 0.481 e. The molecule has 0 atom stereocenters. The normalized spacial score (nSPS) is 11.0. The Labute approximate surface area is 251 Å². The van der Waals surface area contributed by atoms with E-state index in [2.05, 4.69) is 5.32 Å². The van der Waals surface area contributed by atoms with Crippen molar-refractivity contribution in [2.24, 2.45) is 0 Å². The van der Waals surface area contributed by atoms with Crippen LogP contribution >= 0.6 is 0 Å². The van der Waals surface area contributed by atoms with Gasteiger partial charge in [-0.2, -0.15) is 0 Å². The van der Waals surface area contributed by atoms with E-state index in [1.165, 1.54) is 0 Å². The van der Waals surface area contributed by atoms with Crippen LogP contribution in [-0.4, -0.2) is 28.7 Å². The molecule has 8 nitrogen and oxygen atoms in total. The number of carbonyl (C=O) groups excluding carboxylic acids is 2. The van der Waals surface area contributed by atoms with Crippen LogP contribution in [0, 0.1) is 0 Å². The van der Waals surface area contributed by atoms with Gasteiger partial charge in [-0.1, -0.05) is 78.9 Å². The molecule has 2 N–H and O–H groups in total. The summed E-state index contributed by atoms with van der Waals surface area (Å²) in [5, 5.41) is 11.9. The number of alkyl carbamates (subject to hydrolysis) is 1. The molecule has 4 rings (SSSR count). The van der Waals surface area contributed by atoms with Gasteiger partial charge in [0.2, 0.25) is 5.91 Å². The molecular formula is C35H36N2O6. The first-order valence-electron chi connectivity index (χ1n) is 14.1. The Morgan fingerprint density at radius 1 is 0.744 bits per heavy atom. The molecule has 43 heavy (non-hydrogen) atoms. The summed E-state index contributed by atoms with van der Waals surface area (Å²) in [5.74, 6) is -0.370. The predicted molar refractivity (Wildman–Crippen MR) is 166 cm³/mol. The topological polar surface area (TPSA) is 105 Å². The van der Waals surface area contributed by atoms with Crippen molar-refractivity contribution in [1.82, 2.24) is 5.32 Å². The number of anilines is 1. The smallest absolute Gasteiger partial charge is 0.407 e. The fourth-order valence-electron chi connectivity index (χ4n) is 4.33. The summed E-state index contributed by atoms with van der Waals surface area (Å²) < 4.78 is 11.5. The van der Waals surface area contributed by atoms with E-state index < -0.39 is 17.7 Å². The summed E-state index contributed by atoms with van der Waals surface area (Å²) in [5.41, 5.74) is 3.84. The van der Waals surface area contributed by atoms with Crippen molar-refractivity contribution in [2.75, 3.05) is 4.90 Å². The van der Waals surface area contributed by atoms with E-state index in [4.69, 9.17) is 9.47 Å². The van der Waals surface area contributed by atoms with Crippen molar-refractivity contribution in [1.29, 1.82) is 0 Å². The van der Waals surface area contributed by atoms with Gasteiger partial charge in [0.15, 0.2) is 5.75 Å². The van der Waals surface area contributed by atoms with Gasteiger partial charge in [0, 0.05) is 13.0 Å². The number of carboxylic acids is 1. The lowest BCUT2D eigenvalue weighted by molar-refractivity contribution is -0.138. The van der Waals surface area contributed by atoms with E-state index in [0.29, 0.717) is 23.7 Å². The summed E-state index contributed by atoms with van der Waals surface area (Å²) in [6, 6.07) is 32.3. The number of hydrogen-bond donors (Lipinski definition) is 2. The van der Waals surface area contributed by atoms with Gasteiger partial charge in [0.1, 0.15) is 11.4 Å². The second kappa shape index (κ2) is 14.2. The summed E-state index contributed by atoms with van der Waals surface area (Å²) >= 11 is 0. The Kier molecular flexibility index (Phi) is 10.2. The number of carbonyl (C=O) groups is 3. The number of amides is 2. The van der Waals surface area contributed by atoms with E-state index in [-0.39, 0.29) is 25.3 Å². The first-order chi connectivity index (χ1) is 20.6. The number of ether oxygens (including phenoxy) is 2. The zero-order valence-corrected chi connectivity index (χ0v) is 24.6. The molecule has 0 aliphatic heterocycles. The molecule has 0 unspecified atom stereocenters. The van der Waals surface area contributed by atoms with Crippen LogP contribution in [-0.2, 0) is 27.4 Å². The van der Waals surface area contributed by atoms with E-state index >= 15 is 0 Å². The van der Waals surface area contributed by atoms with Crippen LogP contribution in [0.1, 0.15) is 44.7 Å². The van der Waals surface area contributed by atoms with E-state index in [1.807, 2.05) is 78.9 Å². The molecule has 4 aromatic carbocycles. The van der Waals surface area contributed by atoms with Crippen molar-refractivity contribution < 1.29 is 29.0 Å². The molecule has 0 saturated carbocycles. The molecule has 0 spiro atoms. The Hall–Kier alpha value is -5.11. The third kappa shape index (κ3) is 9.46. The van der Waals surface area contributed by atoms with Crippen molar-refractivity contribution >= 4 is 23.7 Å². The standard InChI is InChI=1S/C35H36N2O6/c1-35(2,3)43-34(41)36-23-25-15-19-29(20-16-25)42-31-12-8-7-11-30(31)37(32(38)21-22-33(39)40)24-26-13-17-28(18-14-26)27-9-5-4-6-10-27/h4-20H,21-24H2,1-3H3,(H,36,41)(H,39,40). The number of benzene rings is 4. The molecule has 4 aromatic rings. The third-order valence-electron chi connectivity index (χ3n) is 6.40. The molecule has 0 bridgehead atoms. The molecule has 8 heteroatoms. The van der Waals surface area contributed by atoms with Gasteiger partial charge in [-0.05, 0) is 67.3 Å². The van der Waals surface area contributed by atoms with Crippen LogP contribution < -0.4 is 15.0 Å². The summed E-state index contributed by atoms with van der Waals surface area (Å²) in [4.78, 5) is 38.1. The van der Waals surface area contributed by atoms with Crippen molar-refractivity contribution in [3.8, 4) is 22.6 Å². The van der Waals surface area contributed by atoms with Gasteiger partial charge in [-0.25, -0.2) is 4.79 Å². The molecule has 0 heterocycles. The van der Waals surface area contributed by atoms with Gasteiger partial charge < -0.3 is 24.8 Å². The van der Waals surface area contributed by atoms with Crippen molar-refractivity contribution in [3.05, 3.63) is 114 Å². The first kappa shape index (κ1) is 30.8. The molecule has 0 saturated heterocycles. The van der Waals surface area contributed by atoms with Gasteiger partial charge in [-0.3, -0.25) is 9.59 Å². The Balaban J connectivity index is 1.52. The minimum absolute atomic E-state index is 0.148. The van der Waals surface area contributed by atoms with E-state index in [1.54, 1.807) is 49.9 Å². The zero-order valence-electron chi connectivity index (χ0n) is 24.6. The lowest BCUT2D eigenvalue weighted by atomic mass is 10.0. The first-order valence-corrected chi connectivity index (χ1v) is 14.1. The van der Waals surface area contributed by atoms with Gasteiger partial charge in [-0.15, -0.1) is 0 Å². The van der Waals surface area contributed by atoms with Crippen LogP contribution in [0.15, 0.2) is 103 Å². The molecule has 222 valence electrons. The number of carboxylic acid groups (broad SMARTS) is 1. The molecule has 2 amide bonds. The number of aliphatic carboxylic acids is 1. The maximum absolute atomic E-state index is 13.4. The molecule has 0 aromatic heterocycles. The van der Waals surface area contributed by atoms with Crippen LogP contribution in [0.3, 0.4) is 0 Å². The van der Waals surface area contributed by atoms with E-state index in [0.717, 1.165) is 22.3 Å². The average molecular weight is 581 g/mol. The minimum atomic E-state index is -1.04. The maximum Gasteiger partial charge on any atom is 0.407 e. The minimum Gasteiger partial charge on any atom is -0.481 e. The maximum atomic E-state index is 13.4. The van der Waals surface area contributed by atoms with E-state index in [9.17, 15) is 19.5 Å². The SMILES string of the molecule is CC(C)(C)OC(=O)NCc1ccc(Oc2ccccc2N(Cc2ccc(-c3ccccc3)cc2)C(=O)CCC(=O)O)cc1. The van der Waals surface area contributed by atoms with Crippen LogP contribution in [0.2, 0.25) is 0 Å². The molecule has 0 fully saturated rings. The van der Waals surface area contributed by atoms with Gasteiger partial charge >= 0.3 is 12.1 Å². The highest BCUT2D eigenvalue weighted by molar-refractivity contribution is 5.96. The molecule has 0 aliphatic rings. The average Bonchev–Trinajstić information content (AvgIpc) is 2.98.